The molecule has 2 aliphatic rings. The van der Waals surface area contributed by atoms with Crippen LogP contribution in [-0.4, -0.2) is 65.4 Å². The lowest BCUT2D eigenvalue weighted by Crippen LogP contribution is -2.32. The maximum atomic E-state index is 13.5. The van der Waals surface area contributed by atoms with E-state index in [1.165, 1.54) is 51.6 Å². The molecule has 4 rings (SSSR count). The van der Waals surface area contributed by atoms with E-state index in [0.717, 1.165) is 61.0 Å². The first-order valence-electron chi connectivity index (χ1n) is 20.9. The Labute approximate surface area is 322 Å². The minimum Gasteiger partial charge on any atom is -0.369 e. The smallest absolute Gasteiger partial charge is 0.369 e. The zero-order valence-corrected chi connectivity index (χ0v) is 35.5. The number of aromatic nitrogens is 2. The van der Waals surface area contributed by atoms with E-state index < -0.39 is 11.7 Å². The number of rotatable bonds is 16. The number of alkyl halides is 3. The van der Waals surface area contributed by atoms with Gasteiger partial charge in [-0.3, -0.25) is 4.79 Å². The van der Waals surface area contributed by atoms with Crippen molar-refractivity contribution in [1.82, 2.24) is 19.8 Å². The quantitative estimate of drug-likeness (QED) is 0.166. The van der Waals surface area contributed by atoms with Gasteiger partial charge in [-0.1, -0.05) is 112 Å². The summed E-state index contributed by atoms with van der Waals surface area (Å²) >= 11 is 0. The van der Waals surface area contributed by atoms with Crippen LogP contribution in [0, 0.1) is 12.8 Å². The van der Waals surface area contributed by atoms with E-state index in [9.17, 15) is 18.0 Å². The van der Waals surface area contributed by atoms with Crippen molar-refractivity contribution in [2.45, 2.75) is 165 Å². The van der Waals surface area contributed by atoms with E-state index in [-0.39, 0.29) is 24.2 Å². The molecule has 1 saturated heterocycles. The molecule has 10 heteroatoms. The number of hydrogen-bond donors (Lipinski definition) is 2. The standard InChI is InChI=1S/C24H30F3N5O.C8H18.C7H17N.2C2H6/c1-16-7-10-20(18(14-16)17-8-9-17)30-23-29-15-19(24(25,26)27)22(31-23)28-11-5-13-32-12-4-2-3-6-21(32)33;2*1-4-6-8(3)7-5-2;2*1-2/h7,10,14-15,17H,2-6,8-9,11-13H2,1H3,(H2,28,29,30,31);8H,4-7H2,1-3H3;4-7H2,1-3H3;2*1-2H3. The van der Waals surface area contributed by atoms with Crippen LogP contribution >= 0.6 is 0 Å². The molecule has 1 aromatic carbocycles. The van der Waals surface area contributed by atoms with Gasteiger partial charge < -0.3 is 20.4 Å². The van der Waals surface area contributed by atoms with Gasteiger partial charge in [-0.25, -0.2) is 4.98 Å². The molecule has 1 aliphatic carbocycles. The first-order chi connectivity index (χ1) is 25.4. The molecule has 0 atom stereocenters. The first-order valence-corrected chi connectivity index (χ1v) is 20.9. The van der Waals surface area contributed by atoms with Crippen LogP contribution in [-0.2, 0) is 11.0 Å². The predicted molar refractivity (Wildman–Crippen MR) is 221 cm³/mol. The van der Waals surface area contributed by atoms with Crippen LogP contribution in [0.4, 0.5) is 30.6 Å². The number of aryl methyl sites for hydroxylation is 1. The third-order valence-electron chi connectivity index (χ3n) is 8.91. The Balaban J connectivity index is 0.00000112. The van der Waals surface area contributed by atoms with Crippen LogP contribution in [0.5, 0.6) is 0 Å². The number of likely N-dealkylation sites (tertiary alicyclic amines) is 1. The lowest BCUT2D eigenvalue weighted by atomic mass is 10.0. The number of nitrogens with one attached hydrogen (secondary N) is 2. The van der Waals surface area contributed by atoms with Crippen LogP contribution in [0.25, 0.3) is 0 Å². The highest BCUT2D eigenvalue weighted by atomic mass is 19.4. The van der Waals surface area contributed by atoms with Gasteiger partial charge in [0.2, 0.25) is 11.9 Å². The number of nitrogens with zero attached hydrogens (tertiary/aromatic N) is 4. The summed E-state index contributed by atoms with van der Waals surface area (Å²) in [4.78, 5) is 24.4. The lowest BCUT2D eigenvalue weighted by Gasteiger charge is -2.21. The second-order valence-electron chi connectivity index (χ2n) is 13.9. The number of amides is 1. The Morgan fingerprint density at radius 2 is 1.57 bits per heavy atom. The molecule has 1 aromatic heterocycles. The second kappa shape index (κ2) is 29.5. The number of carbonyl (C=O) groups is 1. The van der Waals surface area contributed by atoms with Gasteiger partial charge in [0.1, 0.15) is 11.4 Å². The van der Waals surface area contributed by atoms with E-state index in [4.69, 9.17) is 0 Å². The van der Waals surface area contributed by atoms with Crippen LogP contribution in [0.2, 0.25) is 0 Å². The molecule has 2 aromatic rings. The molecule has 0 spiro atoms. The first kappa shape index (κ1) is 50.1. The van der Waals surface area contributed by atoms with Crippen LogP contribution in [0.1, 0.15) is 168 Å². The summed E-state index contributed by atoms with van der Waals surface area (Å²) < 4.78 is 40.6. The maximum Gasteiger partial charge on any atom is 0.421 e. The number of hydrogen-bond acceptors (Lipinski definition) is 6. The average Bonchev–Trinajstić information content (AvgIpc) is 3.99. The zero-order valence-electron chi connectivity index (χ0n) is 35.5. The van der Waals surface area contributed by atoms with Crippen LogP contribution in [0.15, 0.2) is 24.4 Å². The highest BCUT2D eigenvalue weighted by Gasteiger charge is 2.35. The van der Waals surface area contributed by atoms with Crippen molar-refractivity contribution in [3.8, 4) is 0 Å². The van der Waals surface area contributed by atoms with E-state index in [2.05, 4.69) is 73.2 Å². The largest absolute Gasteiger partial charge is 0.421 e. The van der Waals surface area contributed by atoms with Crippen molar-refractivity contribution < 1.29 is 18.0 Å². The molecule has 0 unspecified atom stereocenters. The van der Waals surface area contributed by atoms with Crippen molar-refractivity contribution in [3.05, 3.63) is 41.1 Å². The summed E-state index contributed by atoms with van der Waals surface area (Å²) in [5.74, 6) is 1.44. The zero-order chi connectivity index (χ0) is 40.2. The summed E-state index contributed by atoms with van der Waals surface area (Å²) in [6.07, 6.45) is 10.5. The molecule has 306 valence electrons. The topological polar surface area (TPSA) is 73.4 Å². The molecule has 2 heterocycles. The van der Waals surface area contributed by atoms with Gasteiger partial charge in [0.25, 0.3) is 0 Å². The summed E-state index contributed by atoms with van der Waals surface area (Å²) in [5.41, 5.74) is 2.22. The fraction of sp³-hybridized carbons (Fsp3) is 0.744. The molecule has 53 heavy (non-hydrogen) atoms. The summed E-state index contributed by atoms with van der Waals surface area (Å²) in [7, 11) is 2.17. The van der Waals surface area contributed by atoms with Crippen molar-refractivity contribution in [2.75, 3.05) is 50.4 Å². The normalized spacial score (nSPS) is 14.0. The molecule has 1 amide bonds. The molecule has 7 nitrogen and oxygen atoms in total. The predicted octanol–water partition coefficient (Wildman–Crippen LogP) is 12.6. The summed E-state index contributed by atoms with van der Waals surface area (Å²) in [5, 5.41) is 5.94. The second-order valence-corrected chi connectivity index (χ2v) is 13.9. The van der Waals surface area contributed by atoms with Gasteiger partial charge in [-0.15, -0.1) is 0 Å². The summed E-state index contributed by atoms with van der Waals surface area (Å²) in [6, 6.07) is 5.99. The molecule has 0 radical (unpaired) electrons. The minimum absolute atomic E-state index is 0.124. The Hall–Kier alpha value is -2.88. The van der Waals surface area contributed by atoms with Gasteiger partial charge >= 0.3 is 6.18 Å². The molecular weight excluding hydrogens is 674 g/mol. The molecule has 0 bridgehead atoms. The van der Waals surface area contributed by atoms with E-state index in [1.54, 1.807) is 0 Å². The SMILES string of the molecule is CC.CC.CCCC(C)CCC.CCCN(C)CCC.Cc1ccc(Nc2ncc(C(F)(F)F)c(NCCCN3CCCCCC3=O)n2)c(C2CC2)c1. The molecule has 2 N–H and O–H groups in total. The van der Waals surface area contributed by atoms with E-state index in [0.29, 0.717) is 31.8 Å². The summed E-state index contributed by atoms with van der Waals surface area (Å²) in [6.45, 7) is 25.3. The number of anilines is 3. The fourth-order valence-electron chi connectivity index (χ4n) is 6.19. The van der Waals surface area contributed by atoms with Crippen molar-refractivity contribution in [3.63, 3.8) is 0 Å². The molecular formula is C43H77F3N6O. The van der Waals surface area contributed by atoms with E-state index >= 15 is 0 Å². The Morgan fingerprint density at radius 3 is 2.11 bits per heavy atom. The van der Waals surface area contributed by atoms with Gasteiger partial charge in [-0.2, -0.15) is 18.2 Å². The monoisotopic (exact) mass is 751 g/mol. The van der Waals surface area contributed by atoms with Gasteiger partial charge in [0, 0.05) is 37.9 Å². The van der Waals surface area contributed by atoms with Crippen LogP contribution in [0.3, 0.4) is 0 Å². The Morgan fingerprint density at radius 1 is 0.943 bits per heavy atom. The minimum atomic E-state index is -4.56. The molecule has 2 fully saturated rings. The van der Waals surface area contributed by atoms with Crippen LogP contribution < -0.4 is 10.6 Å². The van der Waals surface area contributed by atoms with Crippen molar-refractivity contribution in [2.24, 2.45) is 5.92 Å². The molecule has 1 aliphatic heterocycles. The maximum absolute atomic E-state index is 13.5. The Kier molecular flexibility index (Phi) is 27.9. The number of carbonyl (C=O) groups excluding carboxylic acids is 1. The van der Waals surface area contributed by atoms with Gasteiger partial charge in [0.05, 0.1) is 0 Å². The lowest BCUT2D eigenvalue weighted by molar-refractivity contribution is -0.137. The third-order valence-corrected chi connectivity index (χ3v) is 8.91. The highest BCUT2D eigenvalue weighted by molar-refractivity contribution is 5.76. The Bertz CT molecular complexity index is 1190. The van der Waals surface area contributed by atoms with Gasteiger partial charge in [-0.05, 0) is 95.5 Å². The molecule has 1 saturated carbocycles. The highest BCUT2D eigenvalue weighted by Crippen LogP contribution is 2.44. The number of halogens is 3. The fourth-order valence-corrected chi connectivity index (χ4v) is 6.19. The van der Waals surface area contributed by atoms with E-state index in [1.807, 2.05) is 51.7 Å². The number of benzene rings is 1. The van der Waals surface area contributed by atoms with Crippen molar-refractivity contribution >= 4 is 23.4 Å². The van der Waals surface area contributed by atoms with Crippen molar-refractivity contribution in [1.29, 1.82) is 0 Å². The average molecular weight is 751 g/mol. The third kappa shape index (κ3) is 21.6. The van der Waals surface area contributed by atoms with Gasteiger partial charge in [0.15, 0.2) is 0 Å².